The first-order chi connectivity index (χ1) is 5.52. The molecule has 12 heavy (non-hydrogen) atoms. The topological polar surface area (TPSA) is 75.8 Å². The van der Waals surface area contributed by atoms with Crippen LogP contribution in [-0.2, 0) is 4.74 Å². The number of hydrogen-bond donors (Lipinski definition) is 2. The lowest BCUT2D eigenvalue weighted by atomic mass is 10.1. The molecular formula is C7H12N2O3. The Morgan fingerprint density at radius 2 is 2.58 bits per heavy atom. The van der Waals surface area contributed by atoms with Gasteiger partial charge in [0.1, 0.15) is 6.10 Å². The summed E-state index contributed by atoms with van der Waals surface area (Å²) < 4.78 is 4.79. The fourth-order valence-electron chi connectivity index (χ4n) is 1.00. The average molecular weight is 172 g/mol. The van der Waals surface area contributed by atoms with Gasteiger partial charge in [0, 0.05) is 12.7 Å². The van der Waals surface area contributed by atoms with Crippen molar-refractivity contribution in [2.24, 2.45) is 5.73 Å². The molecule has 68 valence electrons. The summed E-state index contributed by atoms with van der Waals surface area (Å²) in [6.07, 6.45) is -2.00. The Labute approximate surface area is 70.4 Å². The van der Waals surface area contributed by atoms with Crippen LogP contribution in [0.4, 0.5) is 4.79 Å². The molecule has 0 radical (unpaired) electrons. The minimum atomic E-state index is -0.973. The van der Waals surface area contributed by atoms with Gasteiger partial charge in [0.25, 0.3) is 0 Å². The van der Waals surface area contributed by atoms with Gasteiger partial charge >= 0.3 is 6.09 Å². The van der Waals surface area contributed by atoms with Crippen LogP contribution in [0, 0.1) is 0 Å². The largest absolute Gasteiger partial charge is 0.441 e. The zero-order chi connectivity index (χ0) is 9.30. The van der Waals surface area contributed by atoms with E-state index < -0.39 is 18.3 Å². The number of nitrogens with two attached hydrogens (primary N) is 1. The van der Waals surface area contributed by atoms with Crippen molar-refractivity contribution in [3.63, 3.8) is 0 Å². The van der Waals surface area contributed by atoms with Crippen LogP contribution < -0.4 is 5.73 Å². The fourth-order valence-corrected chi connectivity index (χ4v) is 1.00. The van der Waals surface area contributed by atoms with E-state index in [0.29, 0.717) is 6.54 Å². The number of amides is 1. The number of likely N-dealkylation sites (N-methyl/N-ethyl adjacent to an activating group) is 1. The highest BCUT2D eigenvalue weighted by Gasteiger charge is 2.34. The first-order valence-electron chi connectivity index (χ1n) is 3.56. The van der Waals surface area contributed by atoms with Gasteiger partial charge in [0.05, 0.1) is 6.54 Å². The molecule has 0 saturated carbocycles. The quantitative estimate of drug-likeness (QED) is 0.575. The maximum Gasteiger partial charge on any atom is 0.410 e. The van der Waals surface area contributed by atoms with Gasteiger partial charge in [0.15, 0.2) is 6.10 Å². The molecule has 1 heterocycles. The number of carbonyl (C=O) groups excluding carboxylic acids is 1. The Hall–Kier alpha value is -1.23. The third kappa shape index (κ3) is 1.50. The van der Waals surface area contributed by atoms with Crippen LogP contribution in [0.1, 0.15) is 0 Å². The lowest BCUT2D eigenvalue weighted by molar-refractivity contribution is 0.0525. The van der Waals surface area contributed by atoms with Gasteiger partial charge in [-0.25, -0.2) is 4.79 Å². The Morgan fingerprint density at radius 1 is 2.00 bits per heavy atom. The molecule has 0 spiro atoms. The monoisotopic (exact) mass is 172 g/mol. The summed E-state index contributed by atoms with van der Waals surface area (Å²) >= 11 is 0. The summed E-state index contributed by atoms with van der Waals surface area (Å²) in [4.78, 5) is 12.2. The first kappa shape index (κ1) is 8.86. The molecule has 2 unspecified atom stereocenters. The summed E-state index contributed by atoms with van der Waals surface area (Å²) in [5.41, 5.74) is 5.37. The highest BCUT2D eigenvalue weighted by atomic mass is 16.6. The van der Waals surface area contributed by atoms with Crippen molar-refractivity contribution < 1.29 is 14.6 Å². The van der Waals surface area contributed by atoms with E-state index in [-0.39, 0.29) is 5.70 Å². The predicted molar refractivity (Wildman–Crippen MR) is 42.2 cm³/mol. The zero-order valence-electron chi connectivity index (χ0n) is 6.86. The maximum atomic E-state index is 10.8. The Bertz CT molecular complexity index is 217. The van der Waals surface area contributed by atoms with Crippen molar-refractivity contribution in [1.29, 1.82) is 0 Å². The second kappa shape index (κ2) is 3.02. The summed E-state index contributed by atoms with van der Waals surface area (Å²) in [5.74, 6) is 0. The van der Waals surface area contributed by atoms with Crippen molar-refractivity contribution >= 4 is 6.09 Å². The number of aliphatic hydroxyl groups is 1. The normalized spacial score (nSPS) is 25.3. The van der Waals surface area contributed by atoms with E-state index in [1.54, 1.807) is 7.05 Å². The van der Waals surface area contributed by atoms with Crippen molar-refractivity contribution in [2.75, 3.05) is 13.6 Å². The zero-order valence-corrected chi connectivity index (χ0v) is 6.86. The van der Waals surface area contributed by atoms with E-state index in [0.717, 1.165) is 0 Å². The van der Waals surface area contributed by atoms with E-state index in [1.165, 1.54) is 4.90 Å². The first-order valence-corrected chi connectivity index (χ1v) is 3.56. The molecule has 0 aromatic heterocycles. The standard InChI is InChI=1S/C7H12N2O3/c1-4(8)6(10)5-3-9(2)7(11)12-5/h5-6,10H,1,3,8H2,2H3. The second-order valence-corrected chi connectivity index (χ2v) is 2.82. The minimum Gasteiger partial charge on any atom is -0.441 e. The van der Waals surface area contributed by atoms with Gasteiger partial charge in [-0.2, -0.15) is 0 Å². The third-order valence-electron chi connectivity index (χ3n) is 1.75. The lowest BCUT2D eigenvalue weighted by Gasteiger charge is -2.14. The smallest absolute Gasteiger partial charge is 0.410 e. The van der Waals surface area contributed by atoms with Crippen LogP contribution in [0.3, 0.4) is 0 Å². The molecule has 3 N–H and O–H groups in total. The highest BCUT2D eigenvalue weighted by molar-refractivity contribution is 5.69. The SMILES string of the molecule is C=C(N)C(O)C1CN(C)C(=O)O1. The molecule has 1 aliphatic rings. The van der Waals surface area contributed by atoms with Gasteiger partial charge in [-0.15, -0.1) is 0 Å². The summed E-state index contributed by atoms with van der Waals surface area (Å²) in [7, 11) is 1.59. The van der Waals surface area contributed by atoms with Crippen molar-refractivity contribution in [1.82, 2.24) is 4.90 Å². The number of cyclic esters (lactones) is 1. The van der Waals surface area contributed by atoms with Crippen LogP contribution in [0.15, 0.2) is 12.3 Å². The van der Waals surface area contributed by atoms with Gasteiger partial charge < -0.3 is 20.5 Å². The number of carbonyl (C=O) groups is 1. The molecule has 0 aliphatic carbocycles. The van der Waals surface area contributed by atoms with Crippen molar-refractivity contribution in [2.45, 2.75) is 12.2 Å². The van der Waals surface area contributed by atoms with Crippen molar-refractivity contribution in [3.8, 4) is 0 Å². The fraction of sp³-hybridized carbons (Fsp3) is 0.571. The molecule has 2 atom stereocenters. The highest BCUT2D eigenvalue weighted by Crippen LogP contribution is 2.14. The molecule has 1 fully saturated rings. The Morgan fingerprint density at radius 3 is 2.92 bits per heavy atom. The second-order valence-electron chi connectivity index (χ2n) is 2.82. The average Bonchev–Trinajstić information content (AvgIpc) is 2.30. The Kier molecular flexibility index (Phi) is 2.23. The molecule has 1 rings (SSSR count). The van der Waals surface area contributed by atoms with Gasteiger partial charge in [0.2, 0.25) is 0 Å². The molecule has 0 aromatic rings. The third-order valence-corrected chi connectivity index (χ3v) is 1.75. The van der Waals surface area contributed by atoms with E-state index in [4.69, 9.17) is 10.5 Å². The predicted octanol–water partition coefficient (Wildman–Crippen LogP) is -0.730. The van der Waals surface area contributed by atoms with E-state index in [1.807, 2.05) is 0 Å². The van der Waals surface area contributed by atoms with Crippen LogP contribution >= 0.6 is 0 Å². The van der Waals surface area contributed by atoms with Crippen LogP contribution in [0.5, 0.6) is 0 Å². The Balaban J connectivity index is 2.57. The molecule has 0 aromatic carbocycles. The number of nitrogens with zero attached hydrogens (tertiary/aromatic N) is 1. The van der Waals surface area contributed by atoms with Gasteiger partial charge in [-0.1, -0.05) is 6.58 Å². The number of rotatable bonds is 2. The van der Waals surface area contributed by atoms with Crippen LogP contribution in [0.2, 0.25) is 0 Å². The number of ether oxygens (including phenoxy) is 1. The summed E-state index contributed by atoms with van der Waals surface area (Å²) in [5, 5.41) is 9.33. The van der Waals surface area contributed by atoms with Gasteiger partial charge in [-0.05, 0) is 0 Å². The van der Waals surface area contributed by atoms with E-state index >= 15 is 0 Å². The molecule has 0 bridgehead atoms. The van der Waals surface area contributed by atoms with Crippen LogP contribution in [0.25, 0.3) is 0 Å². The van der Waals surface area contributed by atoms with Gasteiger partial charge in [-0.3, -0.25) is 0 Å². The summed E-state index contributed by atoms with van der Waals surface area (Å²) in [6.45, 7) is 3.71. The lowest BCUT2D eigenvalue weighted by Crippen LogP contribution is -2.33. The van der Waals surface area contributed by atoms with Crippen molar-refractivity contribution in [3.05, 3.63) is 12.3 Å². The molecule has 1 saturated heterocycles. The van der Waals surface area contributed by atoms with Crippen LogP contribution in [-0.4, -0.2) is 41.9 Å². The molecule has 5 heteroatoms. The minimum absolute atomic E-state index is 0.114. The molecule has 1 aliphatic heterocycles. The maximum absolute atomic E-state index is 10.8. The number of hydrogen-bond acceptors (Lipinski definition) is 4. The molecular weight excluding hydrogens is 160 g/mol. The van der Waals surface area contributed by atoms with E-state index in [9.17, 15) is 9.90 Å². The molecule has 1 amide bonds. The summed E-state index contributed by atoms with van der Waals surface area (Å²) in [6, 6.07) is 0. The molecule has 5 nitrogen and oxygen atoms in total. The van der Waals surface area contributed by atoms with E-state index in [2.05, 4.69) is 6.58 Å². The number of aliphatic hydroxyl groups excluding tert-OH is 1.